The molecular formula is C14H15BrN2O2S. The number of halogens is 1. The highest BCUT2D eigenvalue weighted by molar-refractivity contribution is 9.10. The highest BCUT2D eigenvalue weighted by Gasteiger charge is 2.18. The summed E-state index contributed by atoms with van der Waals surface area (Å²) < 4.78 is 28.2. The van der Waals surface area contributed by atoms with Gasteiger partial charge in [0.25, 0.3) is 10.0 Å². The predicted molar refractivity (Wildman–Crippen MR) is 83.4 cm³/mol. The van der Waals surface area contributed by atoms with E-state index in [9.17, 15) is 8.42 Å². The number of nitrogens with one attached hydrogen (secondary N) is 1. The van der Waals surface area contributed by atoms with Gasteiger partial charge in [-0.3, -0.25) is 4.72 Å². The van der Waals surface area contributed by atoms with E-state index in [-0.39, 0.29) is 4.90 Å². The number of sulfonamides is 1. The number of hydrogen-bond donors (Lipinski definition) is 1. The molecule has 0 radical (unpaired) electrons. The second-order valence-electron chi connectivity index (χ2n) is 4.69. The normalized spacial score (nSPS) is 11.4. The lowest BCUT2D eigenvalue weighted by Gasteiger charge is -2.12. The van der Waals surface area contributed by atoms with Crippen LogP contribution < -0.4 is 4.72 Å². The number of pyridine rings is 1. The summed E-state index contributed by atoms with van der Waals surface area (Å²) in [5.41, 5.74) is 2.50. The molecule has 2 aromatic rings. The minimum Gasteiger partial charge on any atom is -0.263 e. The summed E-state index contributed by atoms with van der Waals surface area (Å²) in [6.07, 6.45) is 1.56. The molecule has 1 aromatic heterocycles. The third-order valence-electron chi connectivity index (χ3n) is 2.90. The molecule has 0 atom stereocenters. The van der Waals surface area contributed by atoms with Crippen molar-refractivity contribution in [1.82, 2.24) is 4.98 Å². The van der Waals surface area contributed by atoms with E-state index in [1.54, 1.807) is 32.2 Å². The molecule has 0 unspecified atom stereocenters. The van der Waals surface area contributed by atoms with Crippen molar-refractivity contribution in [3.63, 3.8) is 0 Å². The number of aryl methyl sites for hydroxylation is 3. The maximum absolute atomic E-state index is 12.4. The Labute approximate surface area is 127 Å². The number of rotatable bonds is 3. The lowest BCUT2D eigenvalue weighted by molar-refractivity contribution is 0.600. The van der Waals surface area contributed by atoms with E-state index >= 15 is 0 Å². The Hall–Kier alpha value is -1.40. The van der Waals surface area contributed by atoms with Gasteiger partial charge in [-0.05, 0) is 60.0 Å². The van der Waals surface area contributed by atoms with Crippen molar-refractivity contribution in [2.75, 3.05) is 4.72 Å². The molecule has 0 saturated heterocycles. The summed E-state index contributed by atoms with van der Waals surface area (Å²) in [6.45, 7) is 5.51. The minimum absolute atomic E-state index is 0.271. The third kappa shape index (κ3) is 3.19. The standard InChI is InChI=1S/C14H15BrN2O2S/c1-9-4-5-13(10(2)6-9)20(18,19)17-14-11(3)7-12(15)8-16-14/h4-8H,1-3H3,(H,16,17). The highest BCUT2D eigenvalue weighted by atomic mass is 79.9. The Morgan fingerprint density at radius 1 is 1.10 bits per heavy atom. The molecule has 4 nitrogen and oxygen atoms in total. The zero-order valence-electron chi connectivity index (χ0n) is 11.4. The fourth-order valence-electron chi connectivity index (χ4n) is 1.93. The van der Waals surface area contributed by atoms with Crippen molar-refractivity contribution in [3.8, 4) is 0 Å². The summed E-state index contributed by atoms with van der Waals surface area (Å²) in [4.78, 5) is 4.37. The van der Waals surface area contributed by atoms with Crippen LogP contribution in [-0.2, 0) is 10.0 Å². The van der Waals surface area contributed by atoms with E-state index < -0.39 is 10.0 Å². The van der Waals surface area contributed by atoms with Crippen molar-refractivity contribution in [2.45, 2.75) is 25.7 Å². The highest BCUT2D eigenvalue weighted by Crippen LogP contribution is 2.22. The first-order valence-corrected chi connectivity index (χ1v) is 8.29. The molecule has 1 aromatic carbocycles. The minimum atomic E-state index is -3.62. The summed E-state index contributed by atoms with van der Waals surface area (Å²) in [6, 6.07) is 7.05. The van der Waals surface area contributed by atoms with Crippen molar-refractivity contribution >= 4 is 31.8 Å². The number of benzene rings is 1. The number of aromatic nitrogens is 1. The largest absolute Gasteiger partial charge is 0.263 e. The van der Waals surface area contributed by atoms with Crippen LogP contribution in [0, 0.1) is 20.8 Å². The molecule has 0 aliphatic rings. The molecule has 0 spiro atoms. The lowest BCUT2D eigenvalue weighted by Crippen LogP contribution is -2.16. The van der Waals surface area contributed by atoms with Crippen LogP contribution in [-0.4, -0.2) is 13.4 Å². The molecule has 0 aliphatic carbocycles. The first-order valence-electron chi connectivity index (χ1n) is 6.02. The molecule has 2 rings (SSSR count). The molecular weight excluding hydrogens is 340 g/mol. The van der Waals surface area contributed by atoms with Crippen molar-refractivity contribution in [2.24, 2.45) is 0 Å². The van der Waals surface area contributed by atoms with Crippen LogP contribution in [0.15, 0.2) is 39.8 Å². The van der Waals surface area contributed by atoms with Crippen LogP contribution in [0.2, 0.25) is 0 Å². The van der Waals surface area contributed by atoms with Crippen molar-refractivity contribution in [1.29, 1.82) is 0 Å². The van der Waals surface area contributed by atoms with E-state index in [2.05, 4.69) is 25.6 Å². The smallest absolute Gasteiger partial charge is 0.263 e. The topological polar surface area (TPSA) is 59.1 Å². The molecule has 0 aliphatic heterocycles. The number of hydrogen-bond acceptors (Lipinski definition) is 3. The third-order valence-corrected chi connectivity index (χ3v) is 4.83. The second kappa shape index (κ2) is 5.54. The summed E-state index contributed by atoms with van der Waals surface area (Å²) in [7, 11) is -3.62. The molecule has 106 valence electrons. The maximum Gasteiger partial charge on any atom is 0.263 e. The maximum atomic E-state index is 12.4. The molecule has 1 heterocycles. The van der Waals surface area contributed by atoms with E-state index in [1.807, 2.05) is 19.1 Å². The van der Waals surface area contributed by atoms with Gasteiger partial charge in [0.2, 0.25) is 0 Å². The van der Waals surface area contributed by atoms with E-state index in [4.69, 9.17) is 0 Å². The fraction of sp³-hybridized carbons (Fsp3) is 0.214. The Morgan fingerprint density at radius 2 is 1.80 bits per heavy atom. The van der Waals surface area contributed by atoms with Gasteiger partial charge in [-0.25, -0.2) is 13.4 Å². The van der Waals surface area contributed by atoms with E-state index in [0.29, 0.717) is 11.4 Å². The average molecular weight is 355 g/mol. The van der Waals surface area contributed by atoms with Gasteiger partial charge in [0, 0.05) is 10.7 Å². The van der Waals surface area contributed by atoms with Crippen LogP contribution in [0.5, 0.6) is 0 Å². The first kappa shape index (κ1) is 15.0. The molecule has 1 N–H and O–H groups in total. The zero-order chi connectivity index (χ0) is 14.9. The van der Waals surface area contributed by atoms with Gasteiger partial charge in [0.15, 0.2) is 0 Å². The molecule has 0 bridgehead atoms. The molecule has 20 heavy (non-hydrogen) atoms. The quantitative estimate of drug-likeness (QED) is 0.916. The van der Waals surface area contributed by atoms with Gasteiger partial charge in [0.05, 0.1) is 4.90 Å². The van der Waals surface area contributed by atoms with Crippen LogP contribution >= 0.6 is 15.9 Å². The average Bonchev–Trinajstić information content (AvgIpc) is 2.32. The summed E-state index contributed by atoms with van der Waals surface area (Å²) >= 11 is 3.30. The summed E-state index contributed by atoms with van der Waals surface area (Å²) in [5, 5.41) is 0. The van der Waals surface area contributed by atoms with Crippen LogP contribution in [0.3, 0.4) is 0 Å². The van der Waals surface area contributed by atoms with Gasteiger partial charge < -0.3 is 0 Å². The SMILES string of the molecule is Cc1ccc(S(=O)(=O)Nc2ncc(Br)cc2C)c(C)c1. The predicted octanol–water partition coefficient (Wildman–Crippen LogP) is 3.57. The van der Waals surface area contributed by atoms with E-state index in [0.717, 1.165) is 15.6 Å². The lowest BCUT2D eigenvalue weighted by atomic mass is 10.2. The Bertz CT molecular complexity index is 758. The van der Waals surface area contributed by atoms with Gasteiger partial charge >= 0.3 is 0 Å². The monoisotopic (exact) mass is 354 g/mol. The Morgan fingerprint density at radius 3 is 2.40 bits per heavy atom. The van der Waals surface area contributed by atoms with Crippen molar-refractivity contribution < 1.29 is 8.42 Å². The Kier molecular flexibility index (Phi) is 4.15. The molecule has 6 heteroatoms. The van der Waals surface area contributed by atoms with E-state index in [1.165, 1.54) is 0 Å². The fourth-order valence-corrected chi connectivity index (χ4v) is 3.68. The zero-order valence-corrected chi connectivity index (χ0v) is 13.8. The Balaban J connectivity index is 2.41. The number of anilines is 1. The van der Waals surface area contributed by atoms with Gasteiger partial charge in [-0.2, -0.15) is 0 Å². The number of nitrogens with zero attached hydrogens (tertiary/aromatic N) is 1. The van der Waals surface area contributed by atoms with Crippen LogP contribution in [0.25, 0.3) is 0 Å². The van der Waals surface area contributed by atoms with Crippen molar-refractivity contribution in [3.05, 3.63) is 51.6 Å². The second-order valence-corrected chi connectivity index (χ2v) is 7.26. The summed E-state index contributed by atoms with van der Waals surface area (Å²) in [5.74, 6) is 0.341. The molecule has 0 saturated carbocycles. The van der Waals surface area contributed by atoms with Gasteiger partial charge in [-0.1, -0.05) is 17.7 Å². The first-order chi connectivity index (χ1) is 9.29. The molecule has 0 amide bonds. The van der Waals surface area contributed by atoms with Gasteiger partial charge in [-0.15, -0.1) is 0 Å². The van der Waals surface area contributed by atoms with Gasteiger partial charge in [0.1, 0.15) is 5.82 Å². The molecule has 0 fully saturated rings. The van der Waals surface area contributed by atoms with Crippen LogP contribution in [0.4, 0.5) is 5.82 Å². The van der Waals surface area contributed by atoms with Crippen LogP contribution in [0.1, 0.15) is 16.7 Å².